The lowest BCUT2D eigenvalue weighted by atomic mass is 10.3. The van der Waals surface area contributed by atoms with Gasteiger partial charge in [-0.1, -0.05) is 11.6 Å². The Morgan fingerprint density at radius 3 is 2.94 bits per heavy atom. The summed E-state index contributed by atoms with van der Waals surface area (Å²) in [4.78, 5) is 15.9. The minimum atomic E-state index is -0.164. The van der Waals surface area contributed by atoms with Gasteiger partial charge < -0.3 is 15.6 Å². The molecule has 5 nitrogen and oxygen atoms in total. The van der Waals surface area contributed by atoms with Crippen molar-refractivity contribution in [1.82, 2.24) is 9.55 Å². The molecule has 1 heterocycles. The van der Waals surface area contributed by atoms with Gasteiger partial charge in [-0.3, -0.25) is 4.79 Å². The smallest absolute Gasteiger partial charge is 0.244 e. The third-order valence-corrected chi connectivity index (χ3v) is 2.82. The van der Waals surface area contributed by atoms with Crippen LogP contribution in [-0.4, -0.2) is 15.5 Å². The lowest BCUT2D eigenvalue weighted by Gasteiger charge is -2.09. The van der Waals surface area contributed by atoms with Crippen LogP contribution in [0.1, 0.15) is 5.82 Å². The highest BCUT2D eigenvalue weighted by molar-refractivity contribution is 6.34. The van der Waals surface area contributed by atoms with Crippen LogP contribution in [0.3, 0.4) is 0 Å². The standard InChI is InChI=1S/C12H13ClN4O/c1-8-15-4-5-17(8)7-12(18)16-11-3-2-9(14)6-10(11)13/h2-6H,7,14H2,1H3,(H,16,18). The van der Waals surface area contributed by atoms with Crippen LogP contribution in [0.2, 0.25) is 5.02 Å². The first-order valence-corrected chi connectivity index (χ1v) is 5.76. The van der Waals surface area contributed by atoms with Crippen LogP contribution >= 0.6 is 11.6 Å². The fourth-order valence-electron chi connectivity index (χ4n) is 1.55. The summed E-state index contributed by atoms with van der Waals surface area (Å²) in [5.41, 5.74) is 6.69. The van der Waals surface area contributed by atoms with Crippen molar-refractivity contribution in [3.63, 3.8) is 0 Å². The molecule has 0 saturated carbocycles. The molecule has 0 spiro atoms. The third-order valence-electron chi connectivity index (χ3n) is 2.50. The van der Waals surface area contributed by atoms with Crippen molar-refractivity contribution in [3.05, 3.63) is 41.4 Å². The number of halogens is 1. The molecule has 2 rings (SSSR count). The van der Waals surface area contributed by atoms with E-state index in [9.17, 15) is 4.79 Å². The van der Waals surface area contributed by atoms with E-state index in [0.717, 1.165) is 5.82 Å². The molecule has 3 N–H and O–H groups in total. The number of benzene rings is 1. The van der Waals surface area contributed by atoms with Gasteiger partial charge in [0, 0.05) is 18.1 Å². The van der Waals surface area contributed by atoms with Crippen LogP contribution < -0.4 is 11.1 Å². The van der Waals surface area contributed by atoms with E-state index in [1.54, 1.807) is 35.2 Å². The van der Waals surface area contributed by atoms with Crippen LogP contribution in [0, 0.1) is 6.92 Å². The van der Waals surface area contributed by atoms with Gasteiger partial charge in [-0.25, -0.2) is 4.98 Å². The van der Waals surface area contributed by atoms with E-state index >= 15 is 0 Å². The van der Waals surface area contributed by atoms with Crippen molar-refractivity contribution < 1.29 is 4.79 Å². The second-order valence-electron chi connectivity index (χ2n) is 3.89. The molecular weight excluding hydrogens is 252 g/mol. The van der Waals surface area contributed by atoms with E-state index in [1.807, 2.05) is 6.92 Å². The number of carbonyl (C=O) groups is 1. The van der Waals surface area contributed by atoms with E-state index in [4.69, 9.17) is 17.3 Å². The Labute approximate surface area is 110 Å². The predicted molar refractivity (Wildman–Crippen MR) is 71.5 cm³/mol. The second kappa shape index (κ2) is 5.10. The summed E-state index contributed by atoms with van der Waals surface area (Å²) < 4.78 is 1.75. The maximum Gasteiger partial charge on any atom is 0.244 e. The summed E-state index contributed by atoms with van der Waals surface area (Å²) in [5.74, 6) is 0.622. The third kappa shape index (κ3) is 2.81. The Kier molecular flexibility index (Phi) is 3.53. The zero-order valence-electron chi connectivity index (χ0n) is 9.85. The minimum Gasteiger partial charge on any atom is -0.399 e. The number of hydrogen-bond acceptors (Lipinski definition) is 3. The lowest BCUT2D eigenvalue weighted by Crippen LogP contribution is -2.19. The number of nitrogens with one attached hydrogen (secondary N) is 1. The summed E-state index contributed by atoms with van der Waals surface area (Å²) in [5, 5.41) is 3.15. The van der Waals surface area contributed by atoms with Crippen LogP contribution in [0.25, 0.3) is 0 Å². The SMILES string of the molecule is Cc1nccn1CC(=O)Nc1ccc(N)cc1Cl. The molecule has 2 aromatic rings. The highest BCUT2D eigenvalue weighted by Crippen LogP contribution is 2.23. The van der Waals surface area contributed by atoms with Gasteiger partial charge in [0.2, 0.25) is 5.91 Å². The van der Waals surface area contributed by atoms with Gasteiger partial charge in [-0.2, -0.15) is 0 Å². The lowest BCUT2D eigenvalue weighted by molar-refractivity contribution is -0.116. The van der Waals surface area contributed by atoms with E-state index in [1.165, 1.54) is 0 Å². The number of rotatable bonds is 3. The summed E-state index contributed by atoms with van der Waals surface area (Å²) in [6.07, 6.45) is 3.40. The van der Waals surface area contributed by atoms with Crippen molar-refractivity contribution in [1.29, 1.82) is 0 Å². The molecule has 0 bridgehead atoms. The predicted octanol–water partition coefficient (Wildman–Crippen LogP) is 2.07. The Hall–Kier alpha value is -2.01. The Bertz CT molecular complexity index is 579. The first-order valence-electron chi connectivity index (χ1n) is 5.39. The molecule has 0 aliphatic carbocycles. The van der Waals surface area contributed by atoms with Gasteiger partial charge in [-0.15, -0.1) is 0 Å². The number of carbonyl (C=O) groups excluding carboxylic acids is 1. The fourth-order valence-corrected chi connectivity index (χ4v) is 1.78. The van der Waals surface area contributed by atoms with Crippen LogP contribution in [-0.2, 0) is 11.3 Å². The Balaban J connectivity index is 2.05. The second-order valence-corrected chi connectivity index (χ2v) is 4.30. The fraction of sp³-hybridized carbons (Fsp3) is 0.167. The molecular formula is C12H13ClN4O. The number of aromatic nitrogens is 2. The first kappa shape index (κ1) is 12.4. The van der Waals surface area contributed by atoms with Crippen molar-refractivity contribution in [3.8, 4) is 0 Å². The zero-order valence-corrected chi connectivity index (χ0v) is 10.6. The maximum atomic E-state index is 11.8. The number of anilines is 2. The van der Waals surface area contributed by atoms with Crippen LogP contribution in [0.4, 0.5) is 11.4 Å². The molecule has 0 aliphatic heterocycles. The molecule has 1 aromatic heterocycles. The van der Waals surface area contributed by atoms with Gasteiger partial charge in [0.1, 0.15) is 12.4 Å². The topological polar surface area (TPSA) is 72.9 Å². The quantitative estimate of drug-likeness (QED) is 0.834. The molecule has 0 saturated heterocycles. The molecule has 1 aromatic carbocycles. The average Bonchev–Trinajstić information content (AvgIpc) is 2.69. The van der Waals surface area contributed by atoms with Crippen molar-refractivity contribution in [2.75, 3.05) is 11.1 Å². The number of imidazole rings is 1. The number of hydrogen-bond donors (Lipinski definition) is 2. The van der Waals surface area contributed by atoms with Gasteiger partial charge in [0.15, 0.2) is 0 Å². The van der Waals surface area contributed by atoms with Gasteiger partial charge >= 0.3 is 0 Å². The zero-order chi connectivity index (χ0) is 13.1. The first-order chi connectivity index (χ1) is 8.56. The molecule has 0 atom stereocenters. The average molecular weight is 265 g/mol. The van der Waals surface area contributed by atoms with Gasteiger partial charge in [0.05, 0.1) is 10.7 Å². The molecule has 18 heavy (non-hydrogen) atoms. The summed E-state index contributed by atoms with van der Waals surface area (Å²) in [7, 11) is 0. The highest BCUT2D eigenvalue weighted by Gasteiger charge is 2.08. The number of amides is 1. The van der Waals surface area contributed by atoms with Crippen molar-refractivity contribution in [2.24, 2.45) is 0 Å². The number of nitrogens with zero attached hydrogens (tertiary/aromatic N) is 2. The normalized spacial score (nSPS) is 10.3. The van der Waals surface area contributed by atoms with Crippen molar-refractivity contribution in [2.45, 2.75) is 13.5 Å². The van der Waals surface area contributed by atoms with Crippen molar-refractivity contribution >= 4 is 28.9 Å². The van der Waals surface area contributed by atoms with E-state index < -0.39 is 0 Å². The largest absolute Gasteiger partial charge is 0.399 e. The van der Waals surface area contributed by atoms with Crippen LogP contribution in [0.5, 0.6) is 0 Å². The van der Waals surface area contributed by atoms with E-state index in [0.29, 0.717) is 16.4 Å². The number of nitrogens with two attached hydrogens (primary N) is 1. The van der Waals surface area contributed by atoms with E-state index in [2.05, 4.69) is 10.3 Å². The highest BCUT2D eigenvalue weighted by atomic mass is 35.5. The molecule has 0 aliphatic rings. The summed E-state index contributed by atoms with van der Waals surface area (Å²) in [6, 6.07) is 4.96. The molecule has 1 amide bonds. The molecule has 0 radical (unpaired) electrons. The molecule has 0 unspecified atom stereocenters. The monoisotopic (exact) mass is 264 g/mol. The molecule has 6 heteroatoms. The van der Waals surface area contributed by atoms with E-state index in [-0.39, 0.29) is 12.5 Å². The molecule has 94 valence electrons. The summed E-state index contributed by atoms with van der Waals surface area (Å²) >= 11 is 5.97. The molecule has 0 fully saturated rings. The minimum absolute atomic E-state index is 0.164. The maximum absolute atomic E-state index is 11.8. The van der Waals surface area contributed by atoms with Crippen LogP contribution in [0.15, 0.2) is 30.6 Å². The van der Waals surface area contributed by atoms with Gasteiger partial charge in [-0.05, 0) is 25.1 Å². The Morgan fingerprint density at radius 1 is 1.56 bits per heavy atom. The number of aryl methyl sites for hydroxylation is 1. The number of nitrogen functional groups attached to an aromatic ring is 1. The Morgan fingerprint density at radius 2 is 2.33 bits per heavy atom. The van der Waals surface area contributed by atoms with Gasteiger partial charge in [0.25, 0.3) is 0 Å². The summed E-state index contributed by atoms with van der Waals surface area (Å²) in [6.45, 7) is 2.04.